The molecule has 3 aromatic carbocycles. The molecular formula is C26H22INO4. The van der Waals surface area contributed by atoms with Crippen molar-refractivity contribution < 1.29 is 19.0 Å². The van der Waals surface area contributed by atoms with Crippen molar-refractivity contribution in [3.05, 3.63) is 97.7 Å². The molecule has 0 spiro atoms. The maximum Gasteiger partial charge on any atom is 0.363 e. The first-order chi connectivity index (χ1) is 15.4. The van der Waals surface area contributed by atoms with E-state index in [1.54, 1.807) is 13.2 Å². The van der Waals surface area contributed by atoms with E-state index in [2.05, 4.69) is 46.6 Å². The topological polar surface area (TPSA) is 57.1 Å². The van der Waals surface area contributed by atoms with E-state index >= 15 is 0 Å². The third-order valence-electron chi connectivity index (χ3n) is 5.03. The van der Waals surface area contributed by atoms with Crippen molar-refractivity contribution in [2.24, 2.45) is 4.99 Å². The van der Waals surface area contributed by atoms with Gasteiger partial charge in [-0.25, -0.2) is 9.79 Å². The molecule has 0 saturated carbocycles. The van der Waals surface area contributed by atoms with Gasteiger partial charge in [0.1, 0.15) is 6.61 Å². The van der Waals surface area contributed by atoms with Gasteiger partial charge in [-0.2, -0.15) is 0 Å². The van der Waals surface area contributed by atoms with Crippen LogP contribution in [0, 0.1) is 17.4 Å². The lowest BCUT2D eigenvalue weighted by Crippen LogP contribution is -2.05. The largest absolute Gasteiger partial charge is 0.493 e. The summed E-state index contributed by atoms with van der Waals surface area (Å²) in [5.41, 5.74) is 5.16. The summed E-state index contributed by atoms with van der Waals surface area (Å²) in [6, 6.07) is 19.5. The molecule has 4 rings (SSSR count). The number of cyclic esters (lactones) is 1. The van der Waals surface area contributed by atoms with Crippen LogP contribution in [-0.2, 0) is 16.1 Å². The molecule has 0 amide bonds. The van der Waals surface area contributed by atoms with Gasteiger partial charge in [-0.1, -0.05) is 35.9 Å². The summed E-state index contributed by atoms with van der Waals surface area (Å²) in [7, 11) is 1.59. The Labute approximate surface area is 200 Å². The zero-order valence-corrected chi connectivity index (χ0v) is 20.2. The number of carbonyl (C=O) groups is 1. The van der Waals surface area contributed by atoms with Crippen molar-refractivity contribution in [1.29, 1.82) is 0 Å². The third kappa shape index (κ3) is 5.02. The zero-order valence-electron chi connectivity index (χ0n) is 18.0. The molecule has 1 aliphatic heterocycles. The molecule has 0 unspecified atom stereocenters. The number of ether oxygens (including phenoxy) is 3. The van der Waals surface area contributed by atoms with Crippen molar-refractivity contribution in [1.82, 2.24) is 0 Å². The number of methoxy groups -OCH3 is 1. The van der Waals surface area contributed by atoms with Crippen molar-refractivity contribution in [2.45, 2.75) is 20.5 Å². The fraction of sp³-hybridized carbons (Fsp3) is 0.154. The highest BCUT2D eigenvalue weighted by molar-refractivity contribution is 14.1. The van der Waals surface area contributed by atoms with Crippen molar-refractivity contribution >= 4 is 40.5 Å². The second-order valence-electron chi connectivity index (χ2n) is 7.48. The summed E-state index contributed by atoms with van der Waals surface area (Å²) < 4.78 is 18.0. The summed E-state index contributed by atoms with van der Waals surface area (Å²) in [5.74, 6) is 1.04. The Bertz CT molecular complexity index is 1230. The van der Waals surface area contributed by atoms with E-state index in [0.29, 0.717) is 24.0 Å². The van der Waals surface area contributed by atoms with E-state index in [4.69, 9.17) is 14.2 Å². The summed E-state index contributed by atoms with van der Waals surface area (Å²) in [6.07, 6.45) is 1.68. The standard InChI is InChI=1S/C26H22INO4/c1-16-4-6-18(7-5-16)15-31-23-11-8-19(14-24(23)30-3)13-22-26(29)32-25(28-22)20-9-10-21(27)17(2)12-20/h4-14H,15H2,1-3H3/b22-13-. The molecule has 6 heteroatoms. The highest BCUT2D eigenvalue weighted by Crippen LogP contribution is 2.30. The first-order valence-electron chi connectivity index (χ1n) is 10.1. The average Bonchev–Trinajstić information content (AvgIpc) is 3.15. The highest BCUT2D eigenvalue weighted by atomic mass is 127. The number of rotatable bonds is 6. The van der Waals surface area contributed by atoms with Crippen LogP contribution in [0.15, 0.2) is 71.4 Å². The van der Waals surface area contributed by atoms with Crippen LogP contribution in [0.1, 0.15) is 27.8 Å². The predicted molar refractivity (Wildman–Crippen MR) is 133 cm³/mol. The molecular weight excluding hydrogens is 517 g/mol. The van der Waals surface area contributed by atoms with Crippen LogP contribution in [0.25, 0.3) is 6.08 Å². The summed E-state index contributed by atoms with van der Waals surface area (Å²) in [4.78, 5) is 16.8. The smallest absolute Gasteiger partial charge is 0.363 e. The average molecular weight is 539 g/mol. The molecule has 0 radical (unpaired) electrons. The number of hydrogen-bond acceptors (Lipinski definition) is 5. The minimum absolute atomic E-state index is 0.242. The molecule has 1 aliphatic rings. The van der Waals surface area contributed by atoms with Gasteiger partial charge in [-0.05, 0) is 89.5 Å². The summed E-state index contributed by atoms with van der Waals surface area (Å²) >= 11 is 2.27. The second kappa shape index (κ2) is 9.56. The molecule has 32 heavy (non-hydrogen) atoms. The van der Waals surface area contributed by atoms with Gasteiger partial charge in [0.05, 0.1) is 7.11 Å². The van der Waals surface area contributed by atoms with Crippen LogP contribution < -0.4 is 9.47 Å². The molecule has 1 heterocycles. The zero-order chi connectivity index (χ0) is 22.7. The number of carbonyl (C=O) groups excluding carboxylic acids is 1. The van der Waals surface area contributed by atoms with Gasteiger partial charge in [0.2, 0.25) is 5.90 Å². The number of aliphatic imine (C=N–C) groups is 1. The number of nitrogens with zero attached hydrogens (tertiary/aromatic N) is 1. The Kier molecular flexibility index (Phi) is 6.60. The molecule has 0 bridgehead atoms. The van der Waals surface area contributed by atoms with E-state index in [1.807, 2.05) is 55.5 Å². The fourth-order valence-corrected chi connectivity index (χ4v) is 3.54. The lowest BCUT2D eigenvalue weighted by atomic mass is 10.1. The van der Waals surface area contributed by atoms with Crippen molar-refractivity contribution in [3.8, 4) is 11.5 Å². The van der Waals surface area contributed by atoms with Gasteiger partial charge in [0.15, 0.2) is 17.2 Å². The van der Waals surface area contributed by atoms with E-state index in [-0.39, 0.29) is 5.70 Å². The summed E-state index contributed by atoms with van der Waals surface area (Å²) in [6.45, 7) is 4.50. The monoisotopic (exact) mass is 539 g/mol. The van der Waals surface area contributed by atoms with Gasteiger partial charge in [0.25, 0.3) is 0 Å². The van der Waals surface area contributed by atoms with Gasteiger partial charge >= 0.3 is 5.97 Å². The van der Waals surface area contributed by atoms with E-state index in [1.165, 1.54) is 5.56 Å². The Morgan fingerprint density at radius 1 is 1.00 bits per heavy atom. The van der Waals surface area contributed by atoms with Crippen LogP contribution in [0.3, 0.4) is 0 Å². The van der Waals surface area contributed by atoms with Crippen molar-refractivity contribution in [2.75, 3.05) is 7.11 Å². The Morgan fingerprint density at radius 2 is 1.78 bits per heavy atom. The summed E-state index contributed by atoms with van der Waals surface area (Å²) in [5, 5.41) is 0. The molecule has 0 fully saturated rings. The third-order valence-corrected chi connectivity index (χ3v) is 6.24. The number of esters is 1. The Balaban J connectivity index is 1.54. The van der Waals surface area contributed by atoms with Gasteiger partial charge in [-0.3, -0.25) is 0 Å². The lowest BCUT2D eigenvalue weighted by Gasteiger charge is -2.11. The van der Waals surface area contributed by atoms with Crippen LogP contribution in [0.2, 0.25) is 0 Å². The molecule has 3 aromatic rings. The van der Waals surface area contributed by atoms with E-state index in [9.17, 15) is 4.79 Å². The lowest BCUT2D eigenvalue weighted by molar-refractivity contribution is -0.129. The maximum atomic E-state index is 12.4. The quantitative estimate of drug-likeness (QED) is 0.225. The molecule has 0 saturated heterocycles. The van der Waals surface area contributed by atoms with Crippen LogP contribution >= 0.6 is 22.6 Å². The first kappa shape index (κ1) is 22.1. The molecule has 0 aliphatic carbocycles. The highest BCUT2D eigenvalue weighted by Gasteiger charge is 2.24. The molecule has 162 valence electrons. The van der Waals surface area contributed by atoms with Crippen LogP contribution in [-0.4, -0.2) is 19.0 Å². The minimum Gasteiger partial charge on any atom is -0.493 e. The second-order valence-corrected chi connectivity index (χ2v) is 8.65. The molecule has 0 N–H and O–H groups in total. The van der Waals surface area contributed by atoms with Gasteiger partial charge in [-0.15, -0.1) is 0 Å². The van der Waals surface area contributed by atoms with Crippen molar-refractivity contribution in [3.63, 3.8) is 0 Å². The predicted octanol–water partition coefficient (Wildman–Crippen LogP) is 5.84. The number of halogens is 1. The van der Waals surface area contributed by atoms with Crippen LogP contribution in [0.5, 0.6) is 11.5 Å². The normalized spacial score (nSPS) is 14.3. The van der Waals surface area contributed by atoms with Gasteiger partial charge < -0.3 is 14.2 Å². The fourth-order valence-electron chi connectivity index (χ4n) is 3.21. The minimum atomic E-state index is -0.477. The Morgan fingerprint density at radius 3 is 2.50 bits per heavy atom. The van der Waals surface area contributed by atoms with E-state index in [0.717, 1.165) is 25.8 Å². The first-order valence-corrected chi connectivity index (χ1v) is 11.2. The molecule has 5 nitrogen and oxygen atoms in total. The van der Waals surface area contributed by atoms with E-state index < -0.39 is 5.97 Å². The molecule has 0 atom stereocenters. The Hall–Kier alpha value is -3.13. The maximum absolute atomic E-state index is 12.4. The number of hydrogen-bond donors (Lipinski definition) is 0. The molecule has 0 aromatic heterocycles. The number of benzene rings is 3. The van der Waals surface area contributed by atoms with Gasteiger partial charge in [0, 0.05) is 9.13 Å². The number of aryl methyl sites for hydroxylation is 2. The van der Waals surface area contributed by atoms with Crippen LogP contribution in [0.4, 0.5) is 0 Å². The SMILES string of the molecule is COc1cc(/C=C2\N=C(c3ccc(I)c(C)c3)OC2=O)ccc1OCc1ccc(C)cc1.